The van der Waals surface area contributed by atoms with Crippen LogP contribution >= 0.6 is 0 Å². The first-order valence-corrected chi connectivity index (χ1v) is 7.27. The third-order valence-electron chi connectivity index (χ3n) is 3.62. The number of nitrogens with one attached hydrogen (secondary N) is 1. The average Bonchev–Trinajstić information content (AvgIpc) is 2.47. The van der Waals surface area contributed by atoms with E-state index in [0.29, 0.717) is 11.8 Å². The van der Waals surface area contributed by atoms with Crippen LogP contribution in [0.2, 0.25) is 0 Å². The molecule has 0 saturated heterocycles. The van der Waals surface area contributed by atoms with Gasteiger partial charge in [-0.05, 0) is 31.9 Å². The van der Waals surface area contributed by atoms with Crippen molar-refractivity contribution in [1.82, 2.24) is 5.32 Å². The Kier molecular flexibility index (Phi) is 5.23. The number of phenolic OH excluding ortho intramolecular Hbond substituents is 1. The van der Waals surface area contributed by atoms with E-state index < -0.39 is 0 Å². The zero-order chi connectivity index (χ0) is 15.2. The second-order valence-corrected chi connectivity index (χ2v) is 5.40. The lowest BCUT2D eigenvalue weighted by atomic mass is 10.0. The lowest BCUT2D eigenvalue weighted by Gasteiger charge is -2.21. The summed E-state index contributed by atoms with van der Waals surface area (Å²) in [6, 6.07) is 16.2. The van der Waals surface area contributed by atoms with Crippen molar-refractivity contribution in [2.24, 2.45) is 0 Å². The molecule has 2 unspecified atom stereocenters. The largest absolute Gasteiger partial charge is 0.507 e. The van der Waals surface area contributed by atoms with E-state index in [1.165, 1.54) is 5.56 Å². The smallest absolute Gasteiger partial charge is 0.124 e. The molecule has 2 aromatic rings. The van der Waals surface area contributed by atoms with Crippen LogP contribution in [0.1, 0.15) is 31.0 Å². The third kappa shape index (κ3) is 4.23. The summed E-state index contributed by atoms with van der Waals surface area (Å²) >= 11 is 0. The van der Waals surface area contributed by atoms with E-state index in [9.17, 15) is 5.11 Å². The molecule has 3 nitrogen and oxygen atoms in total. The van der Waals surface area contributed by atoms with Crippen LogP contribution in [0.3, 0.4) is 0 Å². The van der Waals surface area contributed by atoms with E-state index in [1.807, 2.05) is 18.2 Å². The summed E-state index contributed by atoms with van der Waals surface area (Å²) in [5.41, 5.74) is 2.19. The topological polar surface area (TPSA) is 41.5 Å². The molecule has 0 amide bonds. The van der Waals surface area contributed by atoms with Gasteiger partial charge in [0.25, 0.3) is 0 Å². The summed E-state index contributed by atoms with van der Waals surface area (Å²) in [5, 5.41) is 13.6. The van der Waals surface area contributed by atoms with Crippen molar-refractivity contribution in [3.05, 3.63) is 59.7 Å². The van der Waals surface area contributed by atoms with E-state index in [2.05, 4.69) is 43.4 Å². The van der Waals surface area contributed by atoms with Gasteiger partial charge in [0.2, 0.25) is 0 Å². The van der Waals surface area contributed by atoms with Crippen LogP contribution in [0.5, 0.6) is 11.5 Å². The fourth-order valence-corrected chi connectivity index (χ4v) is 2.56. The van der Waals surface area contributed by atoms with Crippen molar-refractivity contribution in [3.8, 4) is 11.5 Å². The first kappa shape index (κ1) is 15.4. The Labute approximate surface area is 126 Å². The summed E-state index contributed by atoms with van der Waals surface area (Å²) in [7, 11) is 1.60. The van der Waals surface area contributed by atoms with Crippen LogP contribution in [0.25, 0.3) is 0 Å². The summed E-state index contributed by atoms with van der Waals surface area (Å²) < 4.78 is 5.11. The highest BCUT2D eigenvalue weighted by Crippen LogP contribution is 2.28. The Morgan fingerprint density at radius 1 is 1.10 bits per heavy atom. The Morgan fingerprint density at radius 3 is 2.43 bits per heavy atom. The number of phenols is 1. The summed E-state index contributed by atoms with van der Waals surface area (Å²) in [5.74, 6) is 0.932. The van der Waals surface area contributed by atoms with E-state index in [1.54, 1.807) is 13.2 Å². The average molecular weight is 285 g/mol. The van der Waals surface area contributed by atoms with Gasteiger partial charge in [0.1, 0.15) is 11.5 Å². The van der Waals surface area contributed by atoms with Gasteiger partial charge in [0.05, 0.1) is 7.11 Å². The molecule has 2 aromatic carbocycles. The van der Waals surface area contributed by atoms with Gasteiger partial charge in [0, 0.05) is 23.7 Å². The Bertz CT molecular complexity index is 569. The number of hydrogen-bond donors (Lipinski definition) is 2. The molecule has 0 bridgehead atoms. The molecule has 0 saturated carbocycles. The normalized spacial score (nSPS) is 13.7. The predicted molar refractivity (Wildman–Crippen MR) is 85.8 cm³/mol. The quantitative estimate of drug-likeness (QED) is 0.850. The zero-order valence-electron chi connectivity index (χ0n) is 12.8. The lowest BCUT2D eigenvalue weighted by molar-refractivity contribution is 0.401. The Hall–Kier alpha value is -2.00. The van der Waals surface area contributed by atoms with Crippen molar-refractivity contribution in [2.45, 2.75) is 32.4 Å². The van der Waals surface area contributed by atoms with Gasteiger partial charge in [-0.2, -0.15) is 0 Å². The molecule has 2 N–H and O–H groups in total. The molecule has 0 aliphatic rings. The Morgan fingerprint density at radius 2 is 1.81 bits per heavy atom. The second-order valence-electron chi connectivity index (χ2n) is 5.40. The molecular formula is C18H23NO2. The first-order valence-electron chi connectivity index (χ1n) is 7.27. The number of hydrogen-bond acceptors (Lipinski definition) is 3. The molecule has 3 heteroatoms. The summed E-state index contributed by atoms with van der Waals surface area (Å²) in [6.45, 7) is 4.22. The van der Waals surface area contributed by atoms with Gasteiger partial charge in [0.15, 0.2) is 0 Å². The number of aromatic hydroxyl groups is 1. The van der Waals surface area contributed by atoms with Crippen molar-refractivity contribution >= 4 is 0 Å². The molecule has 2 rings (SSSR count). The highest BCUT2D eigenvalue weighted by molar-refractivity contribution is 5.41. The van der Waals surface area contributed by atoms with Gasteiger partial charge in [-0.1, -0.05) is 36.4 Å². The molecule has 112 valence electrons. The molecule has 0 fully saturated rings. The van der Waals surface area contributed by atoms with E-state index >= 15 is 0 Å². The monoisotopic (exact) mass is 285 g/mol. The minimum atomic E-state index is 0.0784. The van der Waals surface area contributed by atoms with Crippen molar-refractivity contribution in [2.75, 3.05) is 7.11 Å². The minimum absolute atomic E-state index is 0.0784. The standard InChI is InChI=1S/C18H23NO2/c1-13(11-15-7-5-4-6-8-15)19-14(2)17-10-9-16(21-3)12-18(17)20/h4-10,12-14,19-20H,11H2,1-3H3. The highest BCUT2D eigenvalue weighted by atomic mass is 16.5. The molecule has 0 aromatic heterocycles. The highest BCUT2D eigenvalue weighted by Gasteiger charge is 2.14. The molecule has 0 aliphatic carbocycles. The lowest BCUT2D eigenvalue weighted by Crippen LogP contribution is -2.30. The maximum atomic E-state index is 10.1. The SMILES string of the molecule is COc1ccc(C(C)NC(C)Cc2ccccc2)c(O)c1. The number of ether oxygens (including phenoxy) is 1. The van der Waals surface area contributed by atoms with Gasteiger partial charge in [-0.3, -0.25) is 0 Å². The molecule has 21 heavy (non-hydrogen) atoms. The minimum Gasteiger partial charge on any atom is -0.507 e. The van der Waals surface area contributed by atoms with Crippen molar-refractivity contribution in [3.63, 3.8) is 0 Å². The number of benzene rings is 2. The molecular weight excluding hydrogens is 262 g/mol. The van der Waals surface area contributed by atoms with E-state index in [0.717, 1.165) is 12.0 Å². The molecule has 0 radical (unpaired) electrons. The fourth-order valence-electron chi connectivity index (χ4n) is 2.56. The molecule has 0 heterocycles. The second kappa shape index (κ2) is 7.14. The van der Waals surface area contributed by atoms with Crippen molar-refractivity contribution in [1.29, 1.82) is 0 Å². The summed E-state index contributed by atoms with van der Waals surface area (Å²) in [6.07, 6.45) is 0.960. The maximum Gasteiger partial charge on any atom is 0.124 e. The fraction of sp³-hybridized carbons (Fsp3) is 0.333. The van der Waals surface area contributed by atoms with Crippen LogP contribution in [0.4, 0.5) is 0 Å². The molecule has 2 atom stereocenters. The van der Waals surface area contributed by atoms with Crippen molar-refractivity contribution < 1.29 is 9.84 Å². The van der Waals surface area contributed by atoms with E-state index in [4.69, 9.17) is 4.74 Å². The first-order chi connectivity index (χ1) is 10.1. The van der Waals surface area contributed by atoms with Gasteiger partial charge >= 0.3 is 0 Å². The van der Waals surface area contributed by atoms with E-state index in [-0.39, 0.29) is 11.8 Å². The molecule has 0 aliphatic heterocycles. The number of methoxy groups -OCH3 is 1. The third-order valence-corrected chi connectivity index (χ3v) is 3.62. The van der Waals surface area contributed by atoms with Gasteiger partial charge in [-0.25, -0.2) is 0 Å². The predicted octanol–water partition coefficient (Wildman–Crippen LogP) is 3.68. The van der Waals surface area contributed by atoms with Crippen LogP contribution in [0, 0.1) is 0 Å². The zero-order valence-corrected chi connectivity index (χ0v) is 12.8. The maximum absolute atomic E-state index is 10.1. The Balaban J connectivity index is 1.99. The van der Waals surface area contributed by atoms with Crippen LogP contribution in [-0.2, 0) is 6.42 Å². The summed E-state index contributed by atoms with van der Waals surface area (Å²) in [4.78, 5) is 0. The number of rotatable bonds is 6. The van der Waals surface area contributed by atoms with Crippen LogP contribution < -0.4 is 10.1 Å². The molecule has 0 spiro atoms. The van der Waals surface area contributed by atoms with Crippen LogP contribution in [-0.4, -0.2) is 18.3 Å². The van der Waals surface area contributed by atoms with Gasteiger partial charge in [-0.15, -0.1) is 0 Å². The van der Waals surface area contributed by atoms with Gasteiger partial charge < -0.3 is 15.2 Å². The van der Waals surface area contributed by atoms with Crippen LogP contribution in [0.15, 0.2) is 48.5 Å².